The van der Waals surface area contributed by atoms with Crippen molar-refractivity contribution in [3.63, 3.8) is 0 Å². The summed E-state index contributed by atoms with van der Waals surface area (Å²) >= 11 is 1.36. The van der Waals surface area contributed by atoms with Crippen molar-refractivity contribution in [2.75, 3.05) is 6.61 Å². The Hall–Kier alpha value is -2.93. The lowest BCUT2D eigenvalue weighted by Gasteiger charge is -2.11. The third-order valence-corrected chi connectivity index (χ3v) is 5.35. The van der Waals surface area contributed by atoms with Crippen LogP contribution in [-0.2, 0) is 10.5 Å². The molecule has 0 saturated carbocycles. The molecule has 1 aromatic carbocycles. The Morgan fingerprint density at radius 2 is 1.83 bits per heavy atom. The molecule has 0 atom stereocenters. The van der Waals surface area contributed by atoms with Crippen molar-refractivity contribution in [3.05, 3.63) is 75.8 Å². The summed E-state index contributed by atoms with van der Waals surface area (Å²) in [5.74, 6) is 0.439. The van der Waals surface area contributed by atoms with E-state index in [0.29, 0.717) is 21.9 Å². The molecule has 3 rings (SSSR count). The number of pyridine rings is 1. The van der Waals surface area contributed by atoms with Crippen LogP contribution in [-0.4, -0.2) is 28.5 Å². The number of aromatic nitrogens is 2. The van der Waals surface area contributed by atoms with Gasteiger partial charge in [0.05, 0.1) is 11.3 Å². The van der Waals surface area contributed by atoms with Crippen molar-refractivity contribution in [1.82, 2.24) is 10.1 Å². The van der Waals surface area contributed by atoms with Crippen LogP contribution in [0.5, 0.6) is 0 Å². The van der Waals surface area contributed by atoms with Gasteiger partial charge in [-0.05, 0) is 51.0 Å². The number of Topliss-reactive ketones (excluding diaryl/α,β-unsaturated/α-hetero) is 1. The van der Waals surface area contributed by atoms with Crippen molar-refractivity contribution < 1.29 is 18.8 Å². The topological polar surface area (TPSA) is 82.3 Å². The zero-order valence-corrected chi connectivity index (χ0v) is 17.6. The van der Waals surface area contributed by atoms with E-state index in [1.807, 2.05) is 45.9 Å². The van der Waals surface area contributed by atoms with Crippen LogP contribution < -0.4 is 0 Å². The first-order valence-electron chi connectivity index (χ1n) is 9.13. The van der Waals surface area contributed by atoms with Gasteiger partial charge in [0.2, 0.25) is 5.78 Å². The number of benzene rings is 1. The van der Waals surface area contributed by atoms with Crippen molar-refractivity contribution in [1.29, 1.82) is 0 Å². The Bertz CT molecular complexity index is 1040. The van der Waals surface area contributed by atoms with Crippen LogP contribution in [0.15, 0.2) is 46.1 Å². The summed E-state index contributed by atoms with van der Waals surface area (Å²) < 4.78 is 10.4. The van der Waals surface area contributed by atoms with Gasteiger partial charge in [0.25, 0.3) is 0 Å². The van der Waals surface area contributed by atoms with E-state index in [1.54, 1.807) is 18.3 Å². The van der Waals surface area contributed by atoms with Gasteiger partial charge in [-0.3, -0.25) is 4.79 Å². The first kappa shape index (κ1) is 20.8. The van der Waals surface area contributed by atoms with Gasteiger partial charge in [-0.1, -0.05) is 34.6 Å². The molecule has 0 aliphatic carbocycles. The second kappa shape index (κ2) is 9.05. The summed E-state index contributed by atoms with van der Waals surface area (Å²) in [6.45, 7) is 7.26. The van der Waals surface area contributed by atoms with Gasteiger partial charge in [-0.25, -0.2) is 9.78 Å². The highest BCUT2D eigenvalue weighted by atomic mass is 32.2. The van der Waals surface area contributed by atoms with Gasteiger partial charge < -0.3 is 9.26 Å². The summed E-state index contributed by atoms with van der Waals surface area (Å²) in [4.78, 5) is 29.5. The first-order valence-corrected chi connectivity index (χ1v) is 10.1. The lowest BCUT2D eigenvalue weighted by Crippen LogP contribution is -2.17. The molecule has 0 amide bonds. The highest BCUT2D eigenvalue weighted by Gasteiger charge is 2.19. The standard InChI is InChI=1S/C22H22N2O4S/c1-13-8-14(2)20(15(3)9-13)19(25)11-27-22(26)18-6-5-7-23-21(18)29-12-17-10-16(4)28-24-17/h5-10H,11-12H2,1-4H3. The first-order chi connectivity index (χ1) is 13.8. The van der Waals surface area contributed by atoms with E-state index in [2.05, 4.69) is 10.1 Å². The molecule has 29 heavy (non-hydrogen) atoms. The largest absolute Gasteiger partial charge is 0.454 e. The quantitative estimate of drug-likeness (QED) is 0.319. The minimum Gasteiger partial charge on any atom is -0.454 e. The Labute approximate surface area is 173 Å². The molecule has 150 valence electrons. The fourth-order valence-corrected chi connectivity index (χ4v) is 4.05. The Morgan fingerprint density at radius 3 is 2.48 bits per heavy atom. The van der Waals surface area contributed by atoms with Crippen LogP contribution in [0.2, 0.25) is 0 Å². The molecule has 0 aliphatic heterocycles. The second-order valence-electron chi connectivity index (χ2n) is 6.85. The van der Waals surface area contributed by atoms with E-state index in [1.165, 1.54) is 11.8 Å². The van der Waals surface area contributed by atoms with Crippen molar-refractivity contribution >= 4 is 23.5 Å². The molecule has 3 aromatic rings. The number of carbonyl (C=O) groups excluding carboxylic acids is 2. The fourth-order valence-electron chi connectivity index (χ4n) is 3.19. The molecule has 0 N–H and O–H groups in total. The molecule has 7 heteroatoms. The minimum atomic E-state index is -0.576. The average molecular weight is 410 g/mol. The predicted molar refractivity (Wildman–Crippen MR) is 110 cm³/mol. The van der Waals surface area contributed by atoms with Gasteiger partial charge in [0, 0.05) is 23.6 Å². The zero-order chi connectivity index (χ0) is 21.0. The lowest BCUT2D eigenvalue weighted by atomic mass is 9.97. The molecule has 0 spiro atoms. The van der Waals surface area contributed by atoms with Gasteiger partial charge >= 0.3 is 5.97 Å². The maximum absolute atomic E-state index is 12.6. The van der Waals surface area contributed by atoms with Gasteiger partial charge in [-0.2, -0.15) is 0 Å². The average Bonchev–Trinajstić information content (AvgIpc) is 3.09. The number of ether oxygens (including phenoxy) is 1. The van der Waals surface area contributed by atoms with Crippen LogP contribution in [0.25, 0.3) is 0 Å². The Kier molecular flexibility index (Phi) is 6.49. The van der Waals surface area contributed by atoms with E-state index in [0.717, 1.165) is 28.1 Å². The zero-order valence-electron chi connectivity index (χ0n) is 16.8. The fraction of sp³-hybridized carbons (Fsp3) is 0.273. The van der Waals surface area contributed by atoms with Crippen molar-refractivity contribution in [3.8, 4) is 0 Å². The van der Waals surface area contributed by atoms with E-state index in [9.17, 15) is 9.59 Å². The SMILES string of the molecule is Cc1cc(C)c(C(=O)COC(=O)c2cccnc2SCc2cc(C)on2)c(C)c1. The molecular weight excluding hydrogens is 388 g/mol. The number of ketones is 1. The number of rotatable bonds is 7. The highest BCUT2D eigenvalue weighted by Crippen LogP contribution is 2.25. The normalized spacial score (nSPS) is 10.8. The monoisotopic (exact) mass is 410 g/mol. The molecule has 2 aromatic heterocycles. The van der Waals surface area contributed by atoms with Crippen LogP contribution >= 0.6 is 11.8 Å². The third kappa shape index (κ3) is 5.12. The third-order valence-electron chi connectivity index (χ3n) is 4.31. The van der Waals surface area contributed by atoms with E-state index in [4.69, 9.17) is 9.26 Å². The summed E-state index contributed by atoms with van der Waals surface area (Å²) in [7, 11) is 0. The number of aryl methyl sites for hydroxylation is 4. The minimum absolute atomic E-state index is 0.218. The van der Waals surface area contributed by atoms with Crippen LogP contribution in [0, 0.1) is 27.7 Å². The number of hydrogen-bond acceptors (Lipinski definition) is 7. The molecule has 6 nitrogen and oxygen atoms in total. The summed E-state index contributed by atoms with van der Waals surface area (Å²) in [6, 6.07) is 9.03. The smallest absolute Gasteiger partial charge is 0.341 e. The van der Waals surface area contributed by atoms with Crippen LogP contribution in [0.3, 0.4) is 0 Å². The predicted octanol–water partition coefficient (Wildman–Crippen LogP) is 4.64. The molecule has 0 unspecified atom stereocenters. The van der Waals surface area contributed by atoms with Crippen LogP contribution in [0.1, 0.15) is 48.9 Å². The summed E-state index contributed by atoms with van der Waals surface area (Å²) in [6.07, 6.45) is 1.61. The van der Waals surface area contributed by atoms with Crippen LogP contribution in [0.4, 0.5) is 0 Å². The maximum atomic E-state index is 12.6. The van der Waals surface area contributed by atoms with Gasteiger partial charge in [0.1, 0.15) is 10.8 Å². The summed E-state index contributed by atoms with van der Waals surface area (Å²) in [5.41, 5.74) is 4.53. The Balaban J connectivity index is 1.67. The number of thioether (sulfide) groups is 1. The van der Waals surface area contributed by atoms with E-state index < -0.39 is 5.97 Å². The highest BCUT2D eigenvalue weighted by molar-refractivity contribution is 7.98. The summed E-state index contributed by atoms with van der Waals surface area (Å²) in [5, 5.41) is 4.46. The molecule has 0 radical (unpaired) electrons. The molecule has 0 bridgehead atoms. The number of nitrogens with zero attached hydrogens (tertiary/aromatic N) is 2. The molecule has 0 aliphatic rings. The number of hydrogen-bond donors (Lipinski definition) is 0. The van der Waals surface area contributed by atoms with E-state index in [-0.39, 0.29) is 12.4 Å². The van der Waals surface area contributed by atoms with Crippen molar-refractivity contribution in [2.24, 2.45) is 0 Å². The second-order valence-corrected chi connectivity index (χ2v) is 7.81. The number of carbonyl (C=O) groups is 2. The molecule has 0 fully saturated rings. The molecular formula is C22H22N2O4S. The number of esters is 1. The lowest BCUT2D eigenvalue weighted by molar-refractivity contribution is 0.0470. The molecule has 2 heterocycles. The van der Waals surface area contributed by atoms with Crippen molar-refractivity contribution in [2.45, 2.75) is 38.5 Å². The molecule has 0 saturated heterocycles. The van der Waals surface area contributed by atoms with Gasteiger partial charge in [-0.15, -0.1) is 0 Å². The van der Waals surface area contributed by atoms with E-state index >= 15 is 0 Å². The maximum Gasteiger partial charge on any atom is 0.341 e. The van der Waals surface area contributed by atoms with Gasteiger partial charge in [0.15, 0.2) is 6.61 Å². The Morgan fingerprint density at radius 1 is 1.10 bits per heavy atom.